The van der Waals surface area contributed by atoms with Crippen LogP contribution in [-0.4, -0.2) is 46.6 Å². The molecular formula is C19H22BrFN4O3. The summed E-state index contributed by atoms with van der Waals surface area (Å²) in [7, 11) is 1.28. The lowest BCUT2D eigenvalue weighted by atomic mass is 9.95. The van der Waals surface area contributed by atoms with Crippen LogP contribution in [0.1, 0.15) is 36.8 Å². The van der Waals surface area contributed by atoms with Crippen molar-refractivity contribution in [2.45, 2.75) is 32.4 Å². The summed E-state index contributed by atoms with van der Waals surface area (Å²) in [5.41, 5.74) is 1.80. The molecule has 1 unspecified atom stereocenters. The molecule has 1 aromatic carbocycles. The van der Waals surface area contributed by atoms with Crippen LogP contribution < -0.4 is 5.32 Å². The first kappa shape index (κ1) is 20.3. The first-order chi connectivity index (χ1) is 13.3. The van der Waals surface area contributed by atoms with E-state index in [1.54, 1.807) is 18.5 Å². The highest BCUT2D eigenvalue weighted by Crippen LogP contribution is 2.35. The maximum Gasteiger partial charge on any atom is 0.328 e. The molecule has 2 N–H and O–H groups in total. The van der Waals surface area contributed by atoms with Crippen LogP contribution in [0, 0.1) is 11.7 Å². The van der Waals surface area contributed by atoms with E-state index >= 15 is 0 Å². The second-order valence-corrected chi connectivity index (χ2v) is 7.89. The zero-order valence-corrected chi connectivity index (χ0v) is 17.4. The zero-order chi connectivity index (χ0) is 20.4. The van der Waals surface area contributed by atoms with Crippen molar-refractivity contribution in [3.8, 4) is 0 Å². The lowest BCUT2D eigenvalue weighted by Crippen LogP contribution is -2.53. The highest BCUT2D eigenvalue weighted by atomic mass is 79.9. The molecular weight excluding hydrogens is 431 g/mol. The predicted molar refractivity (Wildman–Crippen MR) is 104 cm³/mol. The predicted octanol–water partition coefficient (Wildman–Crippen LogP) is 3.17. The van der Waals surface area contributed by atoms with Gasteiger partial charge in [-0.25, -0.2) is 19.0 Å². The maximum absolute atomic E-state index is 14.7. The van der Waals surface area contributed by atoms with Crippen molar-refractivity contribution in [1.82, 2.24) is 20.2 Å². The summed E-state index contributed by atoms with van der Waals surface area (Å²) in [6, 6.07) is 2.75. The van der Waals surface area contributed by atoms with Gasteiger partial charge in [0.15, 0.2) is 0 Å². The van der Waals surface area contributed by atoms with Crippen LogP contribution in [-0.2, 0) is 16.0 Å². The van der Waals surface area contributed by atoms with Crippen LogP contribution in [0.4, 0.5) is 9.18 Å². The van der Waals surface area contributed by atoms with E-state index in [1.807, 2.05) is 13.8 Å². The molecule has 28 heavy (non-hydrogen) atoms. The van der Waals surface area contributed by atoms with Gasteiger partial charge in [-0.3, -0.25) is 0 Å². The fourth-order valence-electron chi connectivity index (χ4n) is 3.37. The normalized spacial score (nSPS) is 17.2. The molecule has 2 atom stereocenters. The Morgan fingerprint density at radius 1 is 1.43 bits per heavy atom. The van der Waals surface area contributed by atoms with Gasteiger partial charge in [-0.15, -0.1) is 0 Å². The molecule has 0 spiro atoms. The van der Waals surface area contributed by atoms with E-state index in [0.717, 1.165) is 5.69 Å². The minimum atomic E-state index is -0.798. The van der Waals surface area contributed by atoms with Crippen LogP contribution in [0.15, 0.2) is 29.0 Å². The van der Waals surface area contributed by atoms with E-state index in [-0.39, 0.29) is 5.92 Å². The number of nitrogens with zero attached hydrogens (tertiary/aromatic N) is 2. The Balaban J connectivity index is 1.96. The van der Waals surface area contributed by atoms with Gasteiger partial charge in [-0.2, -0.15) is 0 Å². The van der Waals surface area contributed by atoms with E-state index in [4.69, 9.17) is 4.74 Å². The number of H-pyrrole nitrogens is 1. The molecule has 0 fully saturated rings. The molecule has 2 aromatic rings. The van der Waals surface area contributed by atoms with Gasteiger partial charge in [-0.05, 0) is 18.1 Å². The summed E-state index contributed by atoms with van der Waals surface area (Å²) in [4.78, 5) is 34.0. The number of hydrogen-bond donors (Lipinski definition) is 2. The Morgan fingerprint density at radius 3 is 2.82 bits per heavy atom. The monoisotopic (exact) mass is 452 g/mol. The Labute approximate surface area is 170 Å². The molecule has 7 nitrogen and oxygen atoms in total. The van der Waals surface area contributed by atoms with Gasteiger partial charge < -0.3 is 19.9 Å². The van der Waals surface area contributed by atoms with Crippen molar-refractivity contribution in [3.05, 3.63) is 51.8 Å². The summed E-state index contributed by atoms with van der Waals surface area (Å²) in [6.07, 6.45) is 2.10. The highest BCUT2D eigenvalue weighted by Gasteiger charge is 2.37. The summed E-state index contributed by atoms with van der Waals surface area (Å²) >= 11 is 3.26. The molecule has 9 heteroatoms. The fourth-order valence-corrected chi connectivity index (χ4v) is 3.71. The number of carbonyl (C=O) groups is 2. The molecule has 0 saturated carbocycles. The average molecular weight is 453 g/mol. The summed E-state index contributed by atoms with van der Waals surface area (Å²) < 4.78 is 20.1. The van der Waals surface area contributed by atoms with E-state index in [0.29, 0.717) is 28.7 Å². The van der Waals surface area contributed by atoms with Crippen molar-refractivity contribution < 1.29 is 18.7 Å². The molecule has 0 saturated heterocycles. The Morgan fingerprint density at radius 2 is 2.18 bits per heavy atom. The molecule has 0 radical (unpaired) electrons. The van der Waals surface area contributed by atoms with E-state index in [9.17, 15) is 14.0 Å². The van der Waals surface area contributed by atoms with Gasteiger partial charge in [0, 0.05) is 28.7 Å². The standard InChI is InChI=1S/C19H22BrFN4O3/c1-10(2)15(18(26)28-3)24-19(27)25-7-6-14-16(23-9-22-14)17(25)12-5-4-11(20)8-13(12)21/h4-5,8-10,15,17H,6-7H2,1-3H3,(H,22,23)(H,24,27)/t15-,17?/m0/s1. The second-order valence-electron chi connectivity index (χ2n) is 6.97. The minimum absolute atomic E-state index is 0.162. The Hall–Kier alpha value is -2.42. The topological polar surface area (TPSA) is 87.3 Å². The number of urea groups is 1. The molecule has 3 rings (SSSR count). The van der Waals surface area contributed by atoms with Gasteiger partial charge in [0.2, 0.25) is 0 Å². The lowest BCUT2D eigenvalue weighted by molar-refractivity contribution is -0.144. The number of benzene rings is 1. The number of amides is 2. The van der Waals surface area contributed by atoms with Crippen LogP contribution >= 0.6 is 15.9 Å². The molecule has 1 aromatic heterocycles. The third-order valence-corrected chi connectivity index (χ3v) is 5.34. The first-order valence-corrected chi connectivity index (χ1v) is 9.74. The lowest BCUT2D eigenvalue weighted by Gasteiger charge is -2.36. The van der Waals surface area contributed by atoms with Gasteiger partial charge in [0.05, 0.1) is 19.1 Å². The number of hydrogen-bond acceptors (Lipinski definition) is 4. The highest BCUT2D eigenvalue weighted by molar-refractivity contribution is 9.10. The summed E-state index contributed by atoms with van der Waals surface area (Å²) in [6.45, 7) is 3.98. The zero-order valence-electron chi connectivity index (χ0n) is 15.8. The van der Waals surface area contributed by atoms with Crippen molar-refractivity contribution in [2.24, 2.45) is 5.92 Å². The number of ether oxygens (including phenoxy) is 1. The molecule has 0 aliphatic carbocycles. The van der Waals surface area contributed by atoms with Crippen molar-refractivity contribution in [2.75, 3.05) is 13.7 Å². The summed E-state index contributed by atoms with van der Waals surface area (Å²) in [5, 5.41) is 2.73. The SMILES string of the molecule is COC(=O)[C@@H](NC(=O)N1CCc2[nH]cnc2C1c1ccc(Br)cc1F)C(C)C. The minimum Gasteiger partial charge on any atom is -0.467 e. The van der Waals surface area contributed by atoms with Gasteiger partial charge in [-0.1, -0.05) is 35.8 Å². The van der Waals surface area contributed by atoms with Crippen LogP contribution in [0.2, 0.25) is 0 Å². The number of methoxy groups -OCH3 is 1. The van der Waals surface area contributed by atoms with Crippen molar-refractivity contribution >= 4 is 27.9 Å². The smallest absolute Gasteiger partial charge is 0.328 e. The maximum atomic E-state index is 14.7. The van der Waals surface area contributed by atoms with E-state index < -0.39 is 29.9 Å². The van der Waals surface area contributed by atoms with Gasteiger partial charge in [0.1, 0.15) is 17.9 Å². The third kappa shape index (κ3) is 3.89. The van der Waals surface area contributed by atoms with Crippen LogP contribution in [0.25, 0.3) is 0 Å². The van der Waals surface area contributed by atoms with E-state index in [1.165, 1.54) is 18.1 Å². The fraction of sp³-hybridized carbons (Fsp3) is 0.421. The summed E-state index contributed by atoms with van der Waals surface area (Å²) in [5.74, 6) is -1.13. The largest absolute Gasteiger partial charge is 0.467 e. The molecule has 2 heterocycles. The van der Waals surface area contributed by atoms with Crippen molar-refractivity contribution in [3.63, 3.8) is 0 Å². The number of esters is 1. The number of rotatable bonds is 4. The number of aromatic nitrogens is 2. The number of aromatic amines is 1. The van der Waals surface area contributed by atoms with Gasteiger partial charge in [0.25, 0.3) is 0 Å². The second kappa shape index (κ2) is 8.30. The van der Waals surface area contributed by atoms with Crippen molar-refractivity contribution in [1.29, 1.82) is 0 Å². The molecule has 2 amide bonds. The quantitative estimate of drug-likeness (QED) is 0.697. The Kier molecular flexibility index (Phi) is 6.02. The van der Waals surface area contributed by atoms with Crippen LogP contribution in [0.3, 0.4) is 0 Å². The average Bonchev–Trinajstić information content (AvgIpc) is 3.13. The van der Waals surface area contributed by atoms with Gasteiger partial charge >= 0.3 is 12.0 Å². The number of fused-ring (bicyclic) bond motifs is 1. The first-order valence-electron chi connectivity index (χ1n) is 8.95. The third-order valence-electron chi connectivity index (χ3n) is 4.84. The number of halogens is 2. The molecule has 0 bridgehead atoms. The molecule has 1 aliphatic heterocycles. The molecule has 1 aliphatic rings. The Bertz CT molecular complexity index is 886. The van der Waals surface area contributed by atoms with Crippen LogP contribution in [0.5, 0.6) is 0 Å². The number of nitrogens with one attached hydrogen (secondary N) is 2. The molecule has 150 valence electrons. The number of imidazole rings is 1. The van der Waals surface area contributed by atoms with E-state index in [2.05, 4.69) is 31.2 Å². The number of carbonyl (C=O) groups excluding carboxylic acids is 2.